The molecule has 5 heteroatoms. The molecule has 1 aliphatic heterocycles. The second kappa shape index (κ2) is 19.0. The molecule has 1 aliphatic rings. The van der Waals surface area contributed by atoms with Crippen molar-refractivity contribution in [1.82, 2.24) is 9.80 Å². The van der Waals surface area contributed by atoms with Crippen molar-refractivity contribution in [3.8, 4) is 11.5 Å². The number of benzene rings is 3. The zero-order chi connectivity index (χ0) is 29.2. The summed E-state index contributed by atoms with van der Waals surface area (Å²) in [6, 6.07) is 26.0. The van der Waals surface area contributed by atoms with E-state index in [1.54, 1.807) is 12.1 Å². The van der Waals surface area contributed by atoms with Crippen molar-refractivity contribution < 1.29 is 14.9 Å². The molecule has 0 amide bonds. The molecule has 0 atom stereocenters. The first-order valence-electron chi connectivity index (χ1n) is 14.9. The minimum absolute atomic E-state index is 0.138. The topological polar surface area (TPSA) is 56.2 Å². The van der Waals surface area contributed by atoms with Gasteiger partial charge in [-0.2, -0.15) is 0 Å². The highest BCUT2D eigenvalue weighted by Gasteiger charge is 2.15. The third-order valence-electron chi connectivity index (χ3n) is 6.58. The van der Waals surface area contributed by atoms with Gasteiger partial charge < -0.3 is 19.8 Å². The smallest absolute Gasteiger partial charge is 0.119 e. The molecule has 218 valence electrons. The van der Waals surface area contributed by atoms with Gasteiger partial charge in [0, 0.05) is 39.3 Å². The van der Waals surface area contributed by atoms with Gasteiger partial charge in [-0.25, -0.2) is 0 Å². The minimum atomic E-state index is 0.138. The Morgan fingerprint density at radius 3 is 1.88 bits per heavy atom. The molecule has 0 saturated carbocycles. The highest BCUT2D eigenvalue weighted by Crippen LogP contribution is 2.36. The molecule has 0 spiro atoms. The summed E-state index contributed by atoms with van der Waals surface area (Å²) in [6.45, 7) is 14.4. The lowest BCUT2D eigenvalue weighted by Gasteiger charge is -2.32. The molecular formula is C35H50N2O3. The van der Waals surface area contributed by atoms with Crippen molar-refractivity contribution in [2.75, 3.05) is 53.0 Å². The zero-order valence-electron chi connectivity index (χ0n) is 25.3. The number of hydrogen-bond acceptors (Lipinski definition) is 5. The summed E-state index contributed by atoms with van der Waals surface area (Å²) >= 11 is 0. The molecule has 40 heavy (non-hydrogen) atoms. The van der Waals surface area contributed by atoms with Crippen LogP contribution in [0.4, 0.5) is 0 Å². The van der Waals surface area contributed by atoms with Gasteiger partial charge in [0.05, 0.1) is 0 Å². The summed E-state index contributed by atoms with van der Waals surface area (Å²) in [6.07, 6.45) is 2.68. The molecule has 4 rings (SSSR count). The summed E-state index contributed by atoms with van der Waals surface area (Å²) in [4.78, 5) is 4.81. The number of phenolic OH excluding ortho intramolecular Hbond substituents is 1. The Morgan fingerprint density at radius 1 is 0.775 bits per heavy atom. The van der Waals surface area contributed by atoms with Crippen LogP contribution in [0, 0.1) is 0 Å². The summed E-state index contributed by atoms with van der Waals surface area (Å²) < 4.78 is 6.06. The van der Waals surface area contributed by atoms with Crippen molar-refractivity contribution in [1.29, 1.82) is 0 Å². The standard InChI is InChI=1S/C30H36N2O3.C3H8.C2H6/c1-31-17-19-32(20-18-31)21-23-35-28-15-11-26(12-16-28)30(25-9-13-27(34)14-10-25)29(8-5-22-33)24-6-3-2-4-7-24;1-3-2;1-2/h2-4,6-7,9-16,33-34H,5,8,17-23H2,1H3;3H2,1-2H3;1-2H3/b30-29-;;. The number of aliphatic hydroxyl groups is 1. The zero-order valence-corrected chi connectivity index (χ0v) is 25.3. The Labute approximate surface area is 242 Å². The molecule has 0 bridgehead atoms. The van der Waals surface area contributed by atoms with E-state index in [2.05, 4.69) is 55.0 Å². The maximum absolute atomic E-state index is 9.86. The van der Waals surface area contributed by atoms with Gasteiger partial charge >= 0.3 is 0 Å². The quantitative estimate of drug-likeness (QED) is 0.264. The summed E-state index contributed by atoms with van der Waals surface area (Å²) in [5.41, 5.74) is 5.53. The SMILES string of the molecule is CC.CCC.CN1CCN(CCOc2ccc(/C(=C(/CCCO)c3ccccc3)c3ccc(O)cc3)cc2)CC1. The Bertz CT molecular complexity index is 1090. The van der Waals surface area contributed by atoms with Crippen molar-refractivity contribution in [2.24, 2.45) is 0 Å². The number of rotatable bonds is 10. The second-order valence-corrected chi connectivity index (χ2v) is 9.82. The number of piperazine rings is 1. The lowest BCUT2D eigenvalue weighted by molar-refractivity contribution is 0.134. The third-order valence-corrected chi connectivity index (χ3v) is 6.58. The monoisotopic (exact) mass is 546 g/mol. The van der Waals surface area contributed by atoms with E-state index in [1.807, 2.05) is 56.3 Å². The largest absolute Gasteiger partial charge is 0.508 e. The Hall–Kier alpha value is -3.12. The van der Waals surface area contributed by atoms with E-state index in [0.29, 0.717) is 13.0 Å². The van der Waals surface area contributed by atoms with Crippen molar-refractivity contribution in [2.45, 2.75) is 47.0 Å². The number of likely N-dealkylation sites (N-methyl/N-ethyl adjacent to an activating group) is 1. The first-order chi connectivity index (χ1) is 19.5. The molecule has 0 unspecified atom stereocenters. The van der Waals surface area contributed by atoms with E-state index in [9.17, 15) is 10.2 Å². The van der Waals surface area contributed by atoms with Gasteiger partial charge in [-0.15, -0.1) is 0 Å². The number of ether oxygens (including phenoxy) is 1. The molecule has 1 heterocycles. The van der Waals surface area contributed by atoms with Gasteiger partial charge in [0.2, 0.25) is 0 Å². The van der Waals surface area contributed by atoms with Gasteiger partial charge in [0.15, 0.2) is 0 Å². The number of phenols is 1. The molecule has 0 aromatic heterocycles. The number of allylic oxidation sites excluding steroid dienone is 1. The van der Waals surface area contributed by atoms with Crippen LogP contribution in [-0.2, 0) is 0 Å². The first kappa shape index (κ1) is 33.1. The lowest BCUT2D eigenvalue weighted by atomic mass is 9.87. The molecule has 5 nitrogen and oxygen atoms in total. The number of aromatic hydroxyl groups is 1. The summed E-state index contributed by atoms with van der Waals surface area (Å²) in [5, 5.41) is 19.4. The first-order valence-corrected chi connectivity index (χ1v) is 14.9. The van der Waals surface area contributed by atoms with Gasteiger partial charge in [0.1, 0.15) is 18.1 Å². The van der Waals surface area contributed by atoms with E-state index in [1.165, 1.54) is 12.0 Å². The molecule has 1 saturated heterocycles. The number of aliphatic hydroxyl groups excluding tert-OH is 1. The van der Waals surface area contributed by atoms with E-state index in [4.69, 9.17) is 4.74 Å². The van der Waals surface area contributed by atoms with E-state index >= 15 is 0 Å². The highest BCUT2D eigenvalue weighted by atomic mass is 16.5. The van der Waals surface area contributed by atoms with Gasteiger partial charge in [-0.3, -0.25) is 4.90 Å². The molecule has 2 N–H and O–H groups in total. The van der Waals surface area contributed by atoms with E-state index in [-0.39, 0.29) is 12.4 Å². The van der Waals surface area contributed by atoms with Crippen LogP contribution >= 0.6 is 0 Å². The summed E-state index contributed by atoms with van der Waals surface area (Å²) in [7, 11) is 2.17. The molecule has 0 radical (unpaired) electrons. The van der Waals surface area contributed by atoms with Crippen molar-refractivity contribution in [3.05, 3.63) is 95.6 Å². The minimum Gasteiger partial charge on any atom is -0.508 e. The maximum atomic E-state index is 9.86. The molecule has 0 aliphatic carbocycles. The number of nitrogens with zero attached hydrogens (tertiary/aromatic N) is 2. The van der Waals surface area contributed by atoms with Crippen molar-refractivity contribution >= 4 is 11.1 Å². The van der Waals surface area contributed by atoms with Gasteiger partial charge in [-0.1, -0.05) is 88.7 Å². The average molecular weight is 547 g/mol. The van der Waals surface area contributed by atoms with Gasteiger partial charge in [-0.05, 0) is 72.0 Å². The molecular weight excluding hydrogens is 496 g/mol. The fourth-order valence-corrected chi connectivity index (χ4v) is 4.53. The van der Waals surface area contributed by atoms with Gasteiger partial charge in [0.25, 0.3) is 0 Å². The van der Waals surface area contributed by atoms with Crippen LogP contribution in [0.2, 0.25) is 0 Å². The Balaban J connectivity index is 0.00000105. The van der Waals surface area contributed by atoms with Crippen molar-refractivity contribution in [3.63, 3.8) is 0 Å². The lowest BCUT2D eigenvalue weighted by Crippen LogP contribution is -2.45. The normalized spacial score (nSPS) is 14.2. The van der Waals surface area contributed by atoms with Crippen LogP contribution in [0.1, 0.15) is 63.6 Å². The molecule has 1 fully saturated rings. The third kappa shape index (κ3) is 10.8. The predicted molar refractivity (Wildman–Crippen MR) is 170 cm³/mol. The number of hydrogen-bond donors (Lipinski definition) is 2. The van der Waals surface area contributed by atoms with Crippen LogP contribution < -0.4 is 4.74 Å². The maximum Gasteiger partial charge on any atom is 0.119 e. The van der Waals surface area contributed by atoms with Crippen LogP contribution in [-0.4, -0.2) is 73.0 Å². The fourth-order valence-electron chi connectivity index (χ4n) is 4.53. The predicted octanol–water partition coefficient (Wildman–Crippen LogP) is 7.19. The van der Waals surface area contributed by atoms with Crippen LogP contribution in [0.15, 0.2) is 78.9 Å². The Morgan fingerprint density at radius 2 is 1.32 bits per heavy atom. The van der Waals surface area contributed by atoms with Crippen LogP contribution in [0.5, 0.6) is 11.5 Å². The summed E-state index contributed by atoms with van der Waals surface area (Å²) in [5.74, 6) is 1.11. The Kier molecular flexibility index (Phi) is 15.8. The fraction of sp³-hybridized carbons (Fsp3) is 0.429. The molecule has 3 aromatic rings. The van der Waals surface area contributed by atoms with E-state index in [0.717, 1.165) is 67.2 Å². The van der Waals surface area contributed by atoms with E-state index < -0.39 is 0 Å². The van der Waals surface area contributed by atoms with Crippen LogP contribution in [0.25, 0.3) is 11.1 Å². The highest BCUT2D eigenvalue weighted by molar-refractivity contribution is 5.98. The average Bonchev–Trinajstić information content (AvgIpc) is 2.99. The molecule has 3 aromatic carbocycles. The second-order valence-electron chi connectivity index (χ2n) is 9.82. The van der Waals surface area contributed by atoms with Crippen LogP contribution in [0.3, 0.4) is 0 Å².